The molecule has 0 bridgehead atoms. The van der Waals surface area contributed by atoms with Gasteiger partial charge in [-0.2, -0.15) is 4.31 Å². The second kappa shape index (κ2) is 9.79. The number of thiophene rings is 1. The molecule has 0 saturated carbocycles. The summed E-state index contributed by atoms with van der Waals surface area (Å²) in [5.41, 5.74) is 3.32. The molecule has 2 aliphatic heterocycles. The number of sulfonamides is 1. The number of ether oxygens (including phenoxy) is 1. The van der Waals surface area contributed by atoms with Gasteiger partial charge in [0.2, 0.25) is 0 Å². The normalized spacial score (nSPS) is 24.0. The van der Waals surface area contributed by atoms with Crippen molar-refractivity contribution >= 4 is 21.4 Å². The molecular formula is C26H30N2O4S2. The highest BCUT2D eigenvalue weighted by molar-refractivity contribution is 7.91. The lowest BCUT2D eigenvalue weighted by Crippen LogP contribution is -2.67. The molecule has 2 saturated heterocycles. The van der Waals surface area contributed by atoms with Crippen molar-refractivity contribution in [3.8, 4) is 16.9 Å². The molecule has 3 heterocycles. The third kappa shape index (κ3) is 4.29. The van der Waals surface area contributed by atoms with Gasteiger partial charge in [0.15, 0.2) is 0 Å². The Labute approximate surface area is 205 Å². The van der Waals surface area contributed by atoms with Crippen molar-refractivity contribution in [2.75, 3.05) is 33.4 Å². The maximum absolute atomic E-state index is 13.3. The smallest absolute Gasteiger partial charge is 0.252 e. The lowest BCUT2D eigenvalue weighted by atomic mass is 9.74. The Hall–Kier alpha value is -2.23. The standard InChI is InChI=1S/C26H30N2O4S2/c1-32-22-7-4-6-21(16-22)19-9-11-20(12-10-19)26-23-17-27(34(30,31)25-8-5-15-33-25)13-2-3-14-28(23)24(26)18-29/h4-12,15-16,23-24,26,29H,2-3,13-14,17-18H2,1H3/t23-,24+,26-/m1/s1. The van der Waals surface area contributed by atoms with Crippen LogP contribution in [0, 0.1) is 0 Å². The minimum absolute atomic E-state index is 0.0112. The van der Waals surface area contributed by atoms with E-state index in [1.54, 1.807) is 28.9 Å². The van der Waals surface area contributed by atoms with E-state index < -0.39 is 10.0 Å². The van der Waals surface area contributed by atoms with Crippen molar-refractivity contribution in [2.45, 2.75) is 35.1 Å². The van der Waals surface area contributed by atoms with Crippen LogP contribution in [0.2, 0.25) is 0 Å². The van der Waals surface area contributed by atoms with Gasteiger partial charge in [-0.05, 0) is 59.7 Å². The average Bonchev–Trinajstić information content (AvgIpc) is 3.39. The van der Waals surface area contributed by atoms with E-state index in [4.69, 9.17) is 4.74 Å². The summed E-state index contributed by atoms with van der Waals surface area (Å²) in [5.74, 6) is 0.904. The van der Waals surface area contributed by atoms with Crippen LogP contribution in [0.1, 0.15) is 24.3 Å². The summed E-state index contributed by atoms with van der Waals surface area (Å²) < 4.78 is 34.0. The fraction of sp³-hybridized carbons (Fsp3) is 0.385. The Morgan fingerprint density at radius 1 is 1.03 bits per heavy atom. The second-order valence-corrected chi connectivity index (χ2v) is 12.0. The summed E-state index contributed by atoms with van der Waals surface area (Å²) in [6.07, 6.45) is 1.75. The zero-order valence-corrected chi connectivity index (χ0v) is 20.8. The van der Waals surface area contributed by atoms with Gasteiger partial charge in [0.25, 0.3) is 10.0 Å². The van der Waals surface area contributed by atoms with E-state index in [2.05, 4.69) is 35.2 Å². The van der Waals surface area contributed by atoms with E-state index in [1.165, 1.54) is 11.3 Å². The number of aliphatic hydroxyl groups is 1. The molecule has 8 heteroatoms. The zero-order chi connectivity index (χ0) is 23.7. The number of nitrogens with zero attached hydrogens (tertiary/aromatic N) is 2. The third-order valence-electron chi connectivity index (χ3n) is 7.12. The fourth-order valence-electron chi connectivity index (χ4n) is 5.36. The number of methoxy groups -OCH3 is 1. The Bertz CT molecular complexity index is 1210. The van der Waals surface area contributed by atoms with Gasteiger partial charge in [-0.3, -0.25) is 4.90 Å². The van der Waals surface area contributed by atoms with Gasteiger partial charge in [-0.25, -0.2) is 8.42 Å². The molecule has 180 valence electrons. The molecule has 0 unspecified atom stereocenters. The number of benzene rings is 2. The second-order valence-electron chi connectivity index (χ2n) is 8.94. The predicted molar refractivity (Wildman–Crippen MR) is 135 cm³/mol. The summed E-state index contributed by atoms with van der Waals surface area (Å²) in [7, 11) is -1.85. The Kier molecular flexibility index (Phi) is 6.77. The highest BCUT2D eigenvalue weighted by Gasteiger charge is 2.50. The number of fused-ring (bicyclic) bond motifs is 1. The third-order valence-corrected chi connectivity index (χ3v) is 10.4. The molecule has 0 amide bonds. The summed E-state index contributed by atoms with van der Waals surface area (Å²) in [6, 6.07) is 19.9. The van der Waals surface area contributed by atoms with Crippen LogP contribution >= 0.6 is 11.3 Å². The lowest BCUT2D eigenvalue weighted by molar-refractivity contribution is -0.0553. The average molecular weight is 499 g/mol. The first kappa shape index (κ1) is 23.5. The molecule has 2 fully saturated rings. The summed E-state index contributed by atoms with van der Waals surface area (Å²) in [4.78, 5) is 2.30. The van der Waals surface area contributed by atoms with Crippen LogP contribution in [0.5, 0.6) is 5.75 Å². The Morgan fingerprint density at radius 3 is 2.53 bits per heavy atom. The Morgan fingerprint density at radius 2 is 1.82 bits per heavy atom. The molecule has 2 aliphatic rings. The van der Waals surface area contributed by atoms with Gasteiger partial charge in [0, 0.05) is 31.1 Å². The minimum atomic E-state index is -3.51. The summed E-state index contributed by atoms with van der Waals surface area (Å²) in [5, 5.41) is 12.0. The topological polar surface area (TPSA) is 70.1 Å². The van der Waals surface area contributed by atoms with Crippen molar-refractivity contribution < 1.29 is 18.3 Å². The fourth-order valence-corrected chi connectivity index (χ4v) is 8.01. The van der Waals surface area contributed by atoms with E-state index in [0.717, 1.165) is 41.8 Å². The minimum Gasteiger partial charge on any atom is -0.497 e. The SMILES string of the molecule is COc1cccc(-c2ccc([C@@H]3[C@H]4CN(S(=O)(=O)c5cccs5)CCCCN4[C@H]3CO)cc2)c1. The zero-order valence-electron chi connectivity index (χ0n) is 19.2. The van der Waals surface area contributed by atoms with Gasteiger partial charge in [0.05, 0.1) is 13.7 Å². The summed E-state index contributed by atoms with van der Waals surface area (Å²) in [6.45, 7) is 1.94. The summed E-state index contributed by atoms with van der Waals surface area (Å²) >= 11 is 1.27. The first-order valence-corrected chi connectivity index (χ1v) is 14.0. The van der Waals surface area contributed by atoms with Gasteiger partial charge >= 0.3 is 0 Å². The highest BCUT2D eigenvalue weighted by Crippen LogP contribution is 2.43. The molecule has 0 spiro atoms. The molecule has 3 atom stereocenters. The largest absolute Gasteiger partial charge is 0.497 e. The van der Waals surface area contributed by atoms with Gasteiger partial charge in [-0.15, -0.1) is 11.3 Å². The van der Waals surface area contributed by atoms with E-state index in [-0.39, 0.29) is 24.6 Å². The molecule has 0 radical (unpaired) electrons. The van der Waals surface area contributed by atoms with E-state index in [0.29, 0.717) is 17.3 Å². The van der Waals surface area contributed by atoms with E-state index >= 15 is 0 Å². The van der Waals surface area contributed by atoms with Crippen LogP contribution in [0.25, 0.3) is 11.1 Å². The lowest BCUT2D eigenvalue weighted by Gasteiger charge is -2.57. The first-order valence-electron chi connectivity index (χ1n) is 11.7. The monoisotopic (exact) mass is 498 g/mol. The van der Waals surface area contributed by atoms with Crippen molar-refractivity contribution in [1.29, 1.82) is 0 Å². The number of rotatable bonds is 6. The van der Waals surface area contributed by atoms with Crippen LogP contribution in [0.4, 0.5) is 0 Å². The molecule has 3 aromatic rings. The first-order chi connectivity index (χ1) is 16.5. The molecular weight excluding hydrogens is 468 g/mol. The van der Waals surface area contributed by atoms with Gasteiger partial charge in [0.1, 0.15) is 9.96 Å². The molecule has 5 rings (SSSR count). The number of hydrogen-bond donors (Lipinski definition) is 1. The molecule has 2 aromatic carbocycles. The van der Waals surface area contributed by atoms with Crippen LogP contribution in [-0.2, 0) is 10.0 Å². The van der Waals surface area contributed by atoms with Crippen molar-refractivity contribution in [2.24, 2.45) is 0 Å². The number of aliphatic hydroxyl groups excluding tert-OH is 1. The number of hydrogen-bond acceptors (Lipinski definition) is 6. The van der Waals surface area contributed by atoms with Crippen molar-refractivity contribution in [3.05, 3.63) is 71.6 Å². The molecule has 1 N–H and O–H groups in total. The van der Waals surface area contributed by atoms with Crippen LogP contribution in [-0.4, -0.2) is 68.2 Å². The van der Waals surface area contributed by atoms with Crippen molar-refractivity contribution in [3.63, 3.8) is 0 Å². The van der Waals surface area contributed by atoms with Crippen molar-refractivity contribution in [1.82, 2.24) is 9.21 Å². The molecule has 1 aromatic heterocycles. The van der Waals surface area contributed by atoms with Crippen LogP contribution in [0.15, 0.2) is 70.3 Å². The predicted octanol–water partition coefficient (Wildman–Crippen LogP) is 4.04. The van der Waals surface area contributed by atoms with Gasteiger partial charge < -0.3 is 9.84 Å². The molecule has 34 heavy (non-hydrogen) atoms. The van der Waals surface area contributed by atoms with Crippen LogP contribution in [0.3, 0.4) is 0 Å². The molecule has 6 nitrogen and oxygen atoms in total. The Balaban J connectivity index is 1.41. The molecule has 0 aliphatic carbocycles. The van der Waals surface area contributed by atoms with Gasteiger partial charge in [-0.1, -0.05) is 42.5 Å². The maximum atomic E-state index is 13.3. The quantitative estimate of drug-likeness (QED) is 0.556. The maximum Gasteiger partial charge on any atom is 0.252 e. The van der Waals surface area contributed by atoms with E-state index in [9.17, 15) is 13.5 Å². The van der Waals surface area contributed by atoms with E-state index in [1.807, 2.05) is 18.2 Å². The highest BCUT2D eigenvalue weighted by atomic mass is 32.2. The van der Waals surface area contributed by atoms with Crippen LogP contribution < -0.4 is 4.74 Å².